The molecule has 8 heteroatoms. The fourth-order valence-corrected chi connectivity index (χ4v) is 4.18. The van der Waals surface area contributed by atoms with Crippen LogP contribution in [0.5, 0.6) is 11.5 Å². The second-order valence-corrected chi connectivity index (χ2v) is 8.68. The molecule has 0 atom stereocenters. The van der Waals surface area contributed by atoms with Crippen LogP contribution in [0.2, 0.25) is 0 Å². The lowest BCUT2D eigenvalue weighted by Gasteiger charge is -2.21. The number of hydrogen-bond acceptors (Lipinski definition) is 7. The molecule has 0 spiro atoms. The van der Waals surface area contributed by atoms with Crippen LogP contribution in [0.25, 0.3) is 0 Å². The molecule has 2 aromatic carbocycles. The van der Waals surface area contributed by atoms with Gasteiger partial charge in [0.25, 0.3) is 0 Å². The standard InChI is InChI=1S/C26H30N2O5S/c1-6-7-13-32-23-12-11-20(14-24(23)31-5)25(30)33-15-21-16-34-26(27-21)28(19(4)29)22-10-8-9-17(2)18(22)3/h8-12,14,16H,6-7,13,15H2,1-5H3. The lowest BCUT2D eigenvalue weighted by atomic mass is 10.1. The fourth-order valence-electron chi connectivity index (χ4n) is 3.31. The van der Waals surface area contributed by atoms with Gasteiger partial charge in [-0.15, -0.1) is 11.3 Å². The number of aryl methyl sites for hydroxylation is 1. The molecular weight excluding hydrogens is 452 g/mol. The third-order valence-electron chi connectivity index (χ3n) is 5.37. The van der Waals surface area contributed by atoms with Gasteiger partial charge in [0.2, 0.25) is 5.91 Å². The molecule has 0 unspecified atom stereocenters. The van der Waals surface area contributed by atoms with Crippen LogP contribution in [-0.2, 0) is 16.1 Å². The number of nitrogens with zero attached hydrogens (tertiary/aromatic N) is 2. The molecule has 0 aliphatic rings. The third kappa shape index (κ3) is 5.94. The first-order chi connectivity index (χ1) is 16.3. The molecular formula is C26H30N2O5S. The second kappa shape index (κ2) is 11.7. The summed E-state index contributed by atoms with van der Waals surface area (Å²) >= 11 is 1.33. The highest BCUT2D eigenvalue weighted by molar-refractivity contribution is 7.14. The van der Waals surface area contributed by atoms with E-state index in [1.165, 1.54) is 25.4 Å². The molecule has 0 aliphatic carbocycles. The number of ether oxygens (including phenoxy) is 3. The Morgan fingerprint density at radius 2 is 1.91 bits per heavy atom. The Bertz CT molecular complexity index is 1160. The zero-order valence-corrected chi connectivity index (χ0v) is 21.0. The van der Waals surface area contributed by atoms with E-state index < -0.39 is 5.97 Å². The lowest BCUT2D eigenvalue weighted by molar-refractivity contribution is -0.115. The van der Waals surface area contributed by atoms with Gasteiger partial charge in [0, 0.05) is 12.3 Å². The minimum Gasteiger partial charge on any atom is -0.493 e. The predicted molar refractivity (Wildman–Crippen MR) is 133 cm³/mol. The van der Waals surface area contributed by atoms with Crippen LogP contribution >= 0.6 is 11.3 Å². The molecule has 1 amide bonds. The first-order valence-corrected chi connectivity index (χ1v) is 12.0. The molecule has 0 N–H and O–H groups in total. The molecule has 0 radical (unpaired) electrons. The molecule has 180 valence electrons. The molecule has 0 saturated heterocycles. The van der Waals surface area contributed by atoms with E-state index >= 15 is 0 Å². The molecule has 0 saturated carbocycles. The van der Waals surface area contributed by atoms with Crippen molar-refractivity contribution in [3.63, 3.8) is 0 Å². The summed E-state index contributed by atoms with van der Waals surface area (Å²) in [5, 5.41) is 2.32. The van der Waals surface area contributed by atoms with Gasteiger partial charge < -0.3 is 14.2 Å². The molecule has 0 bridgehead atoms. The number of amides is 1. The maximum atomic E-state index is 12.6. The Kier molecular flexibility index (Phi) is 8.65. The summed E-state index contributed by atoms with van der Waals surface area (Å²) in [6, 6.07) is 10.8. The number of carbonyl (C=O) groups excluding carboxylic acids is 2. The fraction of sp³-hybridized carbons (Fsp3) is 0.346. The number of unbranched alkanes of at least 4 members (excludes halogenated alkanes) is 1. The van der Waals surface area contributed by atoms with Gasteiger partial charge >= 0.3 is 5.97 Å². The van der Waals surface area contributed by atoms with E-state index in [1.54, 1.807) is 28.5 Å². The maximum absolute atomic E-state index is 12.6. The van der Waals surface area contributed by atoms with Gasteiger partial charge in [0.15, 0.2) is 16.6 Å². The number of carbonyl (C=O) groups is 2. The first-order valence-electron chi connectivity index (χ1n) is 11.1. The highest BCUT2D eigenvalue weighted by Crippen LogP contribution is 2.33. The van der Waals surface area contributed by atoms with Crippen LogP contribution in [0.3, 0.4) is 0 Å². The van der Waals surface area contributed by atoms with Gasteiger partial charge in [-0.1, -0.05) is 25.5 Å². The molecule has 0 aliphatic heterocycles. The van der Waals surface area contributed by atoms with Crippen molar-refractivity contribution in [2.75, 3.05) is 18.6 Å². The number of esters is 1. The highest BCUT2D eigenvalue weighted by atomic mass is 32.1. The van der Waals surface area contributed by atoms with Crippen molar-refractivity contribution < 1.29 is 23.8 Å². The van der Waals surface area contributed by atoms with Gasteiger partial charge in [-0.2, -0.15) is 0 Å². The Morgan fingerprint density at radius 3 is 2.62 bits per heavy atom. The quantitative estimate of drug-likeness (QED) is 0.261. The molecule has 0 fully saturated rings. The Labute approximate surface area is 204 Å². The van der Waals surface area contributed by atoms with Gasteiger partial charge in [-0.05, 0) is 55.7 Å². The number of anilines is 2. The number of rotatable bonds is 10. The van der Waals surface area contributed by atoms with Crippen molar-refractivity contribution in [1.82, 2.24) is 4.98 Å². The average molecular weight is 483 g/mol. The van der Waals surface area contributed by atoms with Gasteiger partial charge in [-0.3, -0.25) is 9.69 Å². The Morgan fingerprint density at radius 1 is 1.12 bits per heavy atom. The number of methoxy groups -OCH3 is 1. The van der Waals surface area contributed by atoms with E-state index in [1.807, 2.05) is 32.0 Å². The monoisotopic (exact) mass is 482 g/mol. The van der Waals surface area contributed by atoms with E-state index in [0.29, 0.717) is 34.5 Å². The third-order valence-corrected chi connectivity index (χ3v) is 6.24. The van der Waals surface area contributed by atoms with Crippen LogP contribution < -0.4 is 14.4 Å². The lowest BCUT2D eigenvalue weighted by Crippen LogP contribution is -2.23. The Hall–Kier alpha value is -3.39. The maximum Gasteiger partial charge on any atom is 0.338 e. The molecule has 34 heavy (non-hydrogen) atoms. The molecule has 7 nitrogen and oxygen atoms in total. The van der Waals surface area contributed by atoms with Crippen molar-refractivity contribution in [3.8, 4) is 11.5 Å². The molecule has 3 aromatic rings. The summed E-state index contributed by atoms with van der Waals surface area (Å²) in [7, 11) is 1.53. The van der Waals surface area contributed by atoms with E-state index in [-0.39, 0.29) is 12.5 Å². The SMILES string of the molecule is CCCCOc1ccc(C(=O)OCc2csc(N(C(C)=O)c3cccc(C)c3C)n2)cc1OC. The van der Waals surface area contributed by atoms with E-state index in [0.717, 1.165) is 29.7 Å². The summed E-state index contributed by atoms with van der Waals surface area (Å²) in [5.41, 5.74) is 3.81. The van der Waals surface area contributed by atoms with Crippen molar-refractivity contribution in [2.45, 2.75) is 47.1 Å². The van der Waals surface area contributed by atoms with Crippen LogP contribution in [0, 0.1) is 13.8 Å². The predicted octanol–water partition coefficient (Wildman–Crippen LogP) is 5.99. The number of aromatic nitrogens is 1. The van der Waals surface area contributed by atoms with Crippen LogP contribution in [-0.4, -0.2) is 30.6 Å². The highest BCUT2D eigenvalue weighted by Gasteiger charge is 2.21. The topological polar surface area (TPSA) is 78.0 Å². The largest absolute Gasteiger partial charge is 0.493 e. The van der Waals surface area contributed by atoms with E-state index in [2.05, 4.69) is 11.9 Å². The van der Waals surface area contributed by atoms with Gasteiger partial charge in [0.1, 0.15) is 6.61 Å². The number of benzene rings is 2. The van der Waals surface area contributed by atoms with Crippen molar-refractivity contribution in [3.05, 3.63) is 64.2 Å². The van der Waals surface area contributed by atoms with Crippen LogP contribution in [0.15, 0.2) is 41.8 Å². The van der Waals surface area contributed by atoms with E-state index in [9.17, 15) is 9.59 Å². The summed E-state index contributed by atoms with van der Waals surface area (Å²) in [6.45, 7) is 8.15. The van der Waals surface area contributed by atoms with Gasteiger partial charge in [0.05, 0.1) is 30.7 Å². The van der Waals surface area contributed by atoms with Gasteiger partial charge in [-0.25, -0.2) is 9.78 Å². The first kappa shape index (κ1) is 25.2. The van der Waals surface area contributed by atoms with Crippen LogP contribution in [0.1, 0.15) is 53.9 Å². The zero-order chi connectivity index (χ0) is 24.7. The molecule has 1 aromatic heterocycles. The van der Waals surface area contributed by atoms with Crippen molar-refractivity contribution in [1.29, 1.82) is 0 Å². The second-order valence-electron chi connectivity index (χ2n) is 7.84. The normalized spacial score (nSPS) is 10.6. The smallest absolute Gasteiger partial charge is 0.338 e. The summed E-state index contributed by atoms with van der Waals surface area (Å²) in [4.78, 5) is 31.1. The van der Waals surface area contributed by atoms with E-state index in [4.69, 9.17) is 14.2 Å². The average Bonchev–Trinajstić information content (AvgIpc) is 3.28. The number of hydrogen-bond donors (Lipinski definition) is 0. The summed E-state index contributed by atoms with van der Waals surface area (Å²) in [6.07, 6.45) is 1.97. The summed E-state index contributed by atoms with van der Waals surface area (Å²) in [5.74, 6) is 0.436. The molecule has 1 heterocycles. The van der Waals surface area contributed by atoms with Crippen molar-refractivity contribution >= 4 is 34.0 Å². The summed E-state index contributed by atoms with van der Waals surface area (Å²) < 4.78 is 16.5. The molecule has 3 rings (SSSR count). The zero-order valence-electron chi connectivity index (χ0n) is 20.2. The van der Waals surface area contributed by atoms with Crippen molar-refractivity contribution in [2.24, 2.45) is 0 Å². The minimum absolute atomic E-state index is 0.00898. The number of thiazole rings is 1. The minimum atomic E-state index is -0.495. The Balaban J connectivity index is 1.70. The van der Waals surface area contributed by atoms with Crippen LogP contribution in [0.4, 0.5) is 10.8 Å².